The van der Waals surface area contributed by atoms with E-state index in [1.807, 2.05) is 12.1 Å². The molecule has 0 spiro atoms. The van der Waals surface area contributed by atoms with Gasteiger partial charge in [-0.1, -0.05) is 48.9 Å². The predicted octanol–water partition coefficient (Wildman–Crippen LogP) is 4.16. The Bertz CT molecular complexity index is 468. The Morgan fingerprint density at radius 2 is 1.29 bits per heavy atom. The second kappa shape index (κ2) is 5.05. The normalized spacial score (nSPS) is 12.2. The Morgan fingerprint density at radius 1 is 0.824 bits per heavy atom. The van der Waals surface area contributed by atoms with Crippen molar-refractivity contribution in [2.45, 2.75) is 19.8 Å². The van der Waals surface area contributed by atoms with Crippen molar-refractivity contribution in [3.8, 4) is 5.75 Å². The molecule has 0 amide bonds. The minimum absolute atomic E-state index is 0.418. The van der Waals surface area contributed by atoms with E-state index < -0.39 is 0 Å². The van der Waals surface area contributed by atoms with E-state index >= 15 is 0 Å². The highest BCUT2D eigenvalue weighted by Crippen LogP contribution is 2.25. The average molecular weight is 226 g/mol. The third kappa shape index (κ3) is 2.68. The van der Waals surface area contributed by atoms with Crippen molar-refractivity contribution in [3.63, 3.8) is 0 Å². The van der Waals surface area contributed by atoms with Gasteiger partial charge in [0.2, 0.25) is 0 Å². The van der Waals surface area contributed by atoms with E-state index in [0.29, 0.717) is 5.92 Å². The molecule has 2 aromatic rings. The van der Waals surface area contributed by atoms with Crippen LogP contribution in [0.15, 0.2) is 48.5 Å². The van der Waals surface area contributed by atoms with Gasteiger partial charge in [-0.3, -0.25) is 0 Å². The van der Waals surface area contributed by atoms with Crippen molar-refractivity contribution in [3.05, 3.63) is 65.2 Å². The van der Waals surface area contributed by atoms with E-state index in [0.717, 1.165) is 5.75 Å². The maximum absolute atomic E-state index is 5.17. The molecule has 0 aliphatic carbocycles. The number of methoxy groups -OCH3 is 1. The summed E-state index contributed by atoms with van der Waals surface area (Å²) in [5.74, 6) is 1.33. The van der Waals surface area contributed by atoms with Gasteiger partial charge in [-0.25, -0.2) is 0 Å². The Morgan fingerprint density at radius 3 is 1.76 bits per heavy atom. The maximum atomic E-state index is 5.17. The van der Waals surface area contributed by atoms with Gasteiger partial charge in [0.1, 0.15) is 5.75 Å². The molecule has 0 heterocycles. The van der Waals surface area contributed by atoms with Crippen molar-refractivity contribution in [1.82, 2.24) is 0 Å². The number of hydrogen-bond donors (Lipinski definition) is 0. The summed E-state index contributed by atoms with van der Waals surface area (Å²) >= 11 is 0. The first-order valence-corrected chi connectivity index (χ1v) is 5.91. The first kappa shape index (κ1) is 11.7. The molecule has 0 fully saturated rings. The lowest BCUT2D eigenvalue weighted by molar-refractivity contribution is 0.414. The molecule has 88 valence electrons. The van der Waals surface area contributed by atoms with Crippen LogP contribution in [-0.4, -0.2) is 7.11 Å². The number of hydrogen-bond acceptors (Lipinski definition) is 1. The summed E-state index contributed by atoms with van der Waals surface area (Å²) in [4.78, 5) is 0. The highest BCUT2D eigenvalue weighted by atomic mass is 16.5. The topological polar surface area (TPSA) is 9.23 Å². The van der Waals surface area contributed by atoms with Crippen LogP contribution in [0.1, 0.15) is 29.5 Å². The molecule has 0 unspecified atom stereocenters. The van der Waals surface area contributed by atoms with Gasteiger partial charge >= 0.3 is 0 Å². The van der Waals surface area contributed by atoms with Crippen molar-refractivity contribution < 1.29 is 4.74 Å². The van der Waals surface area contributed by atoms with Gasteiger partial charge in [-0.2, -0.15) is 0 Å². The van der Waals surface area contributed by atoms with Gasteiger partial charge in [0.05, 0.1) is 7.11 Å². The molecule has 0 bridgehead atoms. The van der Waals surface area contributed by atoms with Gasteiger partial charge in [-0.15, -0.1) is 0 Å². The van der Waals surface area contributed by atoms with Gasteiger partial charge < -0.3 is 4.74 Å². The fraction of sp³-hybridized carbons (Fsp3) is 0.250. The van der Waals surface area contributed by atoms with Crippen LogP contribution in [0.5, 0.6) is 5.75 Å². The molecule has 0 saturated carbocycles. The highest BCUT2D eigenvalue weighted by molar-refractivity contribution is 5.36. The van der Waals surface area contributed by atoms with E-state index in [1.165, 1.54) is 16.7 Å². The van der Waals surface area contributed by atoms with Crippen LogP contribution in [0.3, 0.4) is 0 Å². The molecule has 2 rings (SSSR count). The summed E-state index contributed by atoms with van der Waals surface area (Å²) in [5, 5.41) is 0. The van der Waals surface area contributed by atoms with E-state index in [1.54, 1.807) is 7.11 Å². The van der Waals surface area contributed by atoms with Gasteiger partial charge in [0.25, 0.3) is 0 Å². The zero-order valence-corrected chi connectivity index (χ0v) is 10.6. The Labute approximate surface area is 103 Å². The second-order valence-electron chi connectivity index (χ2n) is 4.41. The zero-order valence-electron chi connectivity index (χ0n) is 10.6. The summed E-state index contributed by atoms with van der Waals surface area (Å²) in [7, 11) is 1.69. The lowest BCUT2D eigenvalue weighted by Gasteiger charge is -2.13. The first-order valence-electron chi connectivity index (χ1n) is 5.91. The number of ether oxygens (including phenoxy) is 1. The molecular formula is C16H18O. The molecule has 0 saturated heterocycles. The van der Waals surface area contributed by atoms with Gasteiger partial charge in [0.15, 0.2) is 0 Å². The molecule has 0 radical (unpaired) electrons. The fourth-order valence-electron chi connectivity index (χ4n) is 1.94. The van der Waals surface area contributed by atoms with Crippen LogP contribution in [-0.2, 0) is 0 Å². The smallest absolute Gasteiger partial charge is 0.118 e. The second-order valence-corrected chi connectivity index (χ2v) is 4.41. The molecule has 0 aliphatic heterocycles. The molecule has 1 heteroatoms. The number of aryl methyl sites for hydroxylation is 1. The van der Waals surface area contributed by atoms with Crippen LogP contribution in [0, 0.1) is 6.92 Å². The van der Waals surface area contributed by atoms with Crippen molar-refractivity contribution in [1.29, 1.82) is 0 Å². The van der Waals surface area contributed by atoms with E-state index in [2.05, 4.69) is 50.2 Å². The largest absolute Gasteiger partial charge is 0.497 e. The van der Waals surface area contributed by atoms with Crippen molar-refractivity contribution in [2.24, 2.45) is 0 Å². The van der Waals surface area contributed by atoms with Crippen molar-refractivity contribution >= 4 is 0 Å². The molecule has 0 aromatic heterocycles. The fourth-order valence-corrected chi connectivity index (χ4v) is 1.94. The van der Waals surface area contributed by atoms with Crippen LogP contribution in [0.4, 0.5) is 0 Å². The van der Waals surface area contributed by atoms with Crippen LogP contribution < -0.4 is 4.74 Å². The molecule has 1 nitrogen and oxygen atoms in total. The SMILES string of the molecule is COc1ccc([C@@H](C)c2ccc(C)cc2)cc1. The Balaban J connectivity index is 2.23. The van der Waals surface area contributed by atoms with Crippen LogP contribution in [0.2, 0.25) is 0 Å². The summed E-state index contributed by atoms with van der Waals surface area (Å²) < 4.78 is 5.17. The van der Waals surface area contributed by atoms with Crippen LogP contribution in [0.25, 0.3) is 0 Å². The van der Waals surface area contributed by atoms with E-state index in [4.69, 9.17) is 4.74 Å². The summed E-state index contributed by atoms with van der Waals surface area (Å²) in [6, 6.07) is 17.0. The van der Waals surface area contributed by atoms with Gasteiger partial charge in [-0.05, 0) is 30.2 Å². The molecule has 0 N–H and O–H groups in total. The molecule has 0 aliphatic rings. The van der Waals surface area contributed by atoms with E-state index in [-0.39, 0.29) is 0 Å². The summed E-state index contributed by atoms with van der Waals surface area (Å²) in [6.45, 7) is 4.34. The zero-order chi connectivity index (χ0) is 12.3. The monoisotopic (exact) mass is 226 g/mol. The molecule has 2 aromatic carbocycles. The maximum Gasteiger partial charge on any atom is 0.118 e. The summed E-state index contributed by atoms with van der Waals surface area (Å²) in [6.07, 6.45) is 0. The minimum atomic E-state index is 0.418. The Hall–Kier alpha value is -1.76. The quantitative estimate of drug-likeness (QED) is 0.763. The van der Waals surface area contributed by atoms with E-state index in [9.17, 15) is 0 Å². The van der Waals surface area contributed by atoms with Crippen molar-refractivity contribution in [2.75, 3.05) is 7.11 Å². The molecule has 17 heavy (non-hydrogen) atoms. The number of benzene rings is 2. The lowest BCUT2D eigenvalue weighted by atomic mass is 9.93. The lowest BCUT2D eigenvalue weighted by Crippen LogP contribution is -1.96. The van der Waals surface area contributed by atoms with Crippen LogP contribution >= 0.6 is 0 Å². The van der Waals surface area contributed by atoms with Gasteiger partial charge in [0, 0.05) is 5.92 Å². The minimum Gasteiger partial charge on any atom is -0.497 e. The third-order valence-corrected chi connectivity index (χ3v) is 3.19. The highest BCUT2D eigenvalue weighted by Gasteiger charge is 2.07. The standard InChI is InChI=1S/C16H18O/c1-12-4-6-14(7-5-12)13(2)15-8-10-16(17-3)11-9-15/h4-11,13H,1-3H3/t13-/m0/s1. The Kier molecular flexibility index (Phi) is 3.48. The molecular weight excluding hydrogens is 208 g/mol. The average Bonchev–Trinajstić information content (AvgIpc) is 2.39. The third-order valence-electron chi connectivity index (χ3n) is 3.19. The number of rotatable bonds is 3. The first-order chi connectivity index (χ1) is 8.20. The summed E-state index contributed by atoms with van der Waals surface area (Å²) in [5.41, 5.74) is 3.96. The molecule has 1 atom stereocenters. The predicted molar refractivity (Wildman–Crippen MR) is 71.7 cm³/mol.